The van der Waals surface area contributed by atoms with Crippen molar-refractivity contribution in [3.8, 4) is 16.9 Å². The van der Waals surface area contributed by atoms with E-state index in [1.54, 1.807) is 30.1 Å². The van der Waals surface area contributed by atoms with Crippen LogP contribution in [0.25, 0.3) is 16.9 Å². The predicted octanol–water partition coefficient (Wildman–Crippen LogP) is 2.27. The smallest absolute Gasteiger partial charge is 0.255 e. The molecule has 7 heteroatoms. The zero-order valence-electron chi connectivity index (χ0n) is 15.6. The maximum Gasteiger partial charge on any atom is 0.255 e. The van der Waals surface area contributed by atoms with Crippen LogP contribution in [0.1, 0.15) is 18.1 Å². The van der Waals surface area contributed by atoms with Gasteiger partial charge in [-0.2, -0.15) is 5.10 Å². The third-order valence-electron chi connectivity index (χ3n) is 4.40. The van der Waals surface area contributed by atoms with Crippen LogP contribution in [0.15, 0.2) is 59.3 Å². The SMILES string of the molecule is C/C=C(\N)Nc1c(C)c(-c2cc(CO)c(=O)n(C)c2)nn1-c1ccccc1. The number of benzene rings is 1. The van der Waals surface area contributed by atoms with Gasteiger partial charge in [0.05, 0.1) is 23.8 Å². The van der Waals surface area contributed by atoms with Gasteiger partial charge in [0.25, 0.3) is 5.56 Å². The number of rotatable bonds is 5. The van der Waals surface area contributed by atoms with Crippen LogP contribution >= 0.6 is 0 Å². The fraction of sp³-hybridized carbons (Fsp3) is 0.200. The lowest BCUT2D eigenvalue weighted by atomic mass is 10.1. The van der Waals surface area contributed by atoms with Crippen molar-refractivity contribution in [3.05, 3.63) is 76.0 Å². The number of aliphatic hydroxyl groups excluding tert-OH is 1. The Balaban J connectivity index is 2.24. The molecule has 0 fully saturated rings. The van der Waals surface area contributed by atoms with Gasteiger partial charge in [-0.1, -0.05) is 18.2 Å². The Labute approximate surface area is 157 Å². The third kappa shape index (κ3) is 3.50. The second-order valence-corrected chi connectivity index (χ2v) is 6.27. The maximum absolute atomic E-state index is 12.1. The molecule has 0 radical (unpaired) electrons. The molecule has 2 aromatic heterocycles. The zero-order chi connectivity index (χ0) is 19.6. The van der Waals surface area contributed by atoms with Crippen LogP contribution in [0.4, 0.5) is 5.82 Å². The third-order valence-corrected chi connectivity index (χ3v) is 4.40. The van der Waals surface area contributed by atoms with Crippen LogP contribution in [0.5, 0.6) is 0 Å². The summed E-state index contributed by atoms with van der Waals surface area (Å²) in [6.45, 7) is 3.47. The average molecular weight is 365 g/mol. The zero-order valence-corrected chi connectivity index (χ0v) is 15.6. The molecule has 1 aromatic carbocycles. The summed E-state index contributed by atoms with van der Waals surface area (Å²) in [4.78, 5) is 12.1. The molecule has 2 heterocycles. The van der Waals surface area contributed by atoms with E-state index < -0.39 is 0 Å². The molecule has 7 nitrogen and oxygen atoms in total. The van der Waals surface area contributed by atoms with Gasteiger partial charge < -0.3 is 20.7 Å². The first kappa shape index (κ1) is 18.5. The summed E-state index contributed by atoms with van der Waals surface area (Å²) in [6, 6.07) is 11.4. The molecule has 27 heavy (non-hydrogen) atoms. The molecule has 0 bridgehead atoms. The lowest BCUT2D eigenvalue weighted by molar-refractivity contribution is 0.279. The highest BCUT2D eigenvalue weighted by Gasteiger charge is 2.19. The Kier molecular flexibility index (Phi) is 5.14. The highest BCUT2D eigenvalue weighted by molar-refractivity contribution is 5.71. The molecule has 3 rings (SSSR count). The van der Waals surface area contributed by atoms with Gasteiger partial charge in [0.15, 0.2) is 0 Å². The van der Waals surface area contributed by atoms with Crippen molar-refractivity contribution in [3.63, 3.8) is 0 Å². The van der Waals surface area contributed by atoms with Gasteiger partial charge in [-0.3, -0.25) is 4.79 Å². The fourth-order valence-corrected chi connectivity index (χ4v) is 2.91. The number of allylic oxidation sites excluding steroid dienone is 1. The first-order chi connectivity index (χ1) is 13.0. The van der Waals surface area contributed by atoms with Crippen LogP contribution < -0.4 is 16.6 Å². The first-order valence-electron chi connectivity index (χ1n) is 8.61. The van der Waals surface area contributed by atoms with Gasteiger partial charge in [0, 0.05) is 29.9 Å². The number of nitrogens with zero attached hydrogens (tertiary/aromatic N) is 3. The van der Waals surface area contributed by atoms with E-state index in [4.69, 9.17) is 10.8 Å². The molecule has 4 N–H and O–H groups in total. The lowest BCUT2D eigenvalue weighted by Crippen LogP contribution is -2.20. The highest BCUT2D eigenvalue weighted by atomic mass is 16.3. The van der Waals surface area contributed by atoms with Gasteiger partial charge >= 0.3 is 0 Å². The van der Waals surface area contributed by atoms with Crippen LogP contribution in [0.3, 0.4) is 0 Å². The van der Waals surface area contributed by atoms with Crippen molar-refractivity contribution in [1.29, 1.82) is 0 Å². The number of pyridine rings is 1. The van der Waals surface area contributed by atoms with Gasteiger partial charge in [-0.15, -0.1) is 0 Å². The van der Waals surface area contributed by atoms with Crippen LogP contribution in [-0.4, -0.2) is 19.5 Å². The van der Waals surface area contributed by atoms with E-state index in [0.717, 1.165) is 22.6 Å². The largest absolute Gasteiger partial charge is 0.391 e. The summed E-state index contributed by atoms with van der Waals surface area (Å²) in [7, 11) is 1.66. The number of nitrogens with two attached hydrogens (primary N) is 1. The number of aromatic nitrogens is 3. The molecule has 3 aromatic rings. The van der Waals surface area contributed by atoms with Crippen molar-refractivity contribution in [1.82, 2.24) is 14.3 Å². The summed E-state index contributed by atoms with van der Waals surface area (Å²) in [5.74, 6) is 1.25. The summed E-state index contributed by atoms with van der Waals surface area (Å²) < 4.78 is 3.24. The number of anilines is 1. The molecule has 0 spiro atoms. The quantitative estimate of drug-likeness (QED) is 0.644. The molecule has 0 aliphatic rings. The first-order valence-corrected chi connectivity index (χ1v) is 8.61. The van der Waals surface area contributed by atoms with Gasteiger partial charge in [0.1, 0.15) is 5.82 Å². The number of para-hydroxylation sites is 1. The van der Waals surface area contributed by atoms with Crippen LogP contribution in [0, 0.1) is 6.92 Å². The van der Waals surface area contributed by atoms with Gasteiger partial charge in [-0.05, 0) is 38.1 Å². The molecular weight excluding hydrogens is 342 g/mol. The van der Waals surface area contributed by atoms with Gasteiger partial charge in [-0.25, -0.2) is 4.68 Å². The normalized spacial score (nSPS) is 11.6. The molecule has 0 atom stereocenters. The van der Waals surface area contributed by atoms with E-state index in [1.165, 1.54) is 4.57 Å². The Morgan fingerprint density at radius 3 is 2.67 bits per heavy atom. The van der Waals surface area contributed by atoms with Crippen molar-refractivity contribution in [2.24, 2.45) is 12.8 Å². The summed E-state index contributed by atoms with van der Waals surface area (Å²) in [5, 5.41) is 17.4. The molecule has 0 saturated heterocycles. The van der Waals surface area contributed by atoms with E-state index in [0.29, 0.717) is 17.1 Å². The molecular formula is C20H23N5O2. The molecule has 0 aliphatic carbocycles. The minimum absolute atomic E-state index is 0.224. The fourth-order valence-electron chi connectivity index (χ4n) is 2.91. The second-order valence-electron chi connectivity index (χ2n) is 6.27. The minimum atomic E-state index is -0.324. The topological polar surface area (TPSA) is 98.1 Å². The Bertz CT molecular complexity index is 1050. The highest BCUT2D eigenvalue weighted by Crippen LogP contribution is 2.30. The predicted molar refractivity (Wildman–Crippen MR) is 106 cm³/mol. The Morgan fingerprint density at radius 2 is 2.04 bits per heavy atom. The molecule has 0 unspecified atom stereocenters. The minimum Gasteiger partial charge on any atom is -0.391 e. The number of hydrogen-bond donors (Lipinski definition) is 3. The molecule has 140 valence electrons. The molecule has 0 aliphatic heterocycles. The van der Waals surface area contributed by atoms with E-state index in [2.05, 4.69) is 5.32 Å². The molecule has 0 amide bonds. The monoisotopic (exact) mass is 365 g/mol. The second kappa shape index (κ2) is 7.51. The van der Waals surface area contributed by atoms with Crippen LogP contribution in [0.2, 0.25) is 0 Å². The Morgan fingerprint density at radius 1 is 1.33 bits per heavy atom. The summed E-state index contributed by atoms with van der Waals surface area (Å²) in [5.41, 5.74) is 9.30. The molecule has 0 saturated carbocycles. The summed E-state index contributed by atoms with van der Waals surface area (Å²) in [6.07, 6.45) is 3.49. The number of aliphatic hydroxyl groups is 1. The maximum atomic E-state index is 12.1. The lowest BCUT2D eigenvalue weighted by Gasteiger charge is -2.10. The van der Waals surface area contributed by atoms with E-state index in [-0.39, 0.29) is 12.2 Å². The summed E-state index contributed by atoms with van der Waals surface area (Å²) >= 11 is 0. The van der Waals surface area contributed by atoms with Crippen molar-refractivity contribution in [2.45, 2.75) is 20.5 Å². The van der Waals surface area contributed by atoms with Crippen molar-refractivity contribution < 1.29 is 5.11 Å². The number of nitrogens with one attached hydrogen (secondary N) is 1. The van der Waals surface area contributed by atoms with Crippen molar-refractivity contribution >= 4 is 5.82 Å². The average Bonchev–Trinajstić information content (AvgIpc) is 3.01. The van der Waals surface area contributed by atoms with E-state index in [1.807, 2.05) is 44.2 Å². The van der Waals surface area contributed by atoms with Crippen molar-refractivity contribution in [2.75, 3.05) is 5.32 Å². The number of hydrogen-bond acceptors (Lipinski definition) is 5. The Hall–Kier alpha value is -3.32. The van der Waals surface area contributed by atoms with E-state index in [9.17, 15) is 9.90 Å². The van der Waals surface area contributed by atoms with Gasteiger partial charge in [0.2, 0.25) is 0 Å². The standard InChI is InChI=1S/C20H23N5O2/c1-4-17(21)22-19-13(2)18(23-25(19)16-8-6-5-7-9-16)14-10-15(12-26)20(27)24(3)11-14/h4-11,22,26H,12,21H2,1-3H3/b17-4+. The number of aryl methyl sites for hydroxylation is 1. The van der Waals surface area contributed by atoms with E-state index >= 15 is 0 Å². The van der Waals surface area contributed by atoms with Crippen LogP contribution in [-0.2, 0) is 13.7 Å².